The summed E-state index contributed by atoms with van der Waals surface area (Å²) in [5, 5.41) is 8.08. The van der Waals surface area contributed by atoms with Gasteiger partial charge in [-0.05, 0) is 40.2 Å². The molecule has 0 aromatic heterocycles. The van der Waals surface area contributed by atoms with Crippen LogP contribution in [0.1, 0.15) is 60.5 Å². The molecule has 0 atom stereocenters. The quantitative estimate of drug-likeness (QED) is 0.117. The number of ether oxygens (including phenoxy) is 5. The van der Waals surface area contributed by atoms with Gasteiger partial charge in [0.05, 0.1) is 13.1 Å². The molecule has 0 saturated heterocycles. The zero-order chi connectivity index (χ0) is 37.6. The molecule has 0 spiro atoms. The minimum atomic E-state index is -0.924. The third-order valence-corrected chi connectivity index (χ3v) is 6.58. The van der Waals surface area contributed by atoms with E-state index >= 15 is 0 Å². The Kier molecular flexibility index (Phi) is 20.1. The third-order valence-electron chi connectivity index (χ3n) is 6.58. The molecule has 0 aliphatic carbocycles. The summed E-state index contributed by atoms with van der Waals surface area (Å²) in [7, 11) is 0. The molecule has 1 aromatic rings. The predicted molar refractivity (Wildman–Crippen MR) is 183 cm³/mol. The number of hydrogen-bond acceptors (Lipinski definition) is 13. The standard InChI is InChI=1S/C34H55N5O11/c1-26(40)46-21-19-38(23-29(42)49-33(3,4)5)17-15-36-31(44)35-14-13-34(6,7)50-30(43)24-39(20-22-47-27(2)41)18-16-37-32(45)48-25-28-11-9-8-10-12-28/h8-12H,13-25H2,1-7H3,(H,37,45)(H2,35,36,44). The van der Waals surface area contributed by atoms with Crippen molar-refractivity contribution in [3.8, 4) is 0 Å². The first kappa shape index (κ1) is 43.6. The fourth-order valence-electron chi connectivity index (χ4n) is 4.26. The molecule has 0 heterocycles. The van der Waals surface area contributed by atoms with Crippen LogP contribution in [0.4, 0.5) is 9.59 Å². The zero-order valence-electron chi connectivity index (χ0n) is 30.5. The lowest BCUT2D eigenvalue weighted by Gasteiger charge is -2.28. The highest BCUT2D eigenvalue weighted by Gasteiger charge is 2.25. The van der Waals surface area contributed by atoms with Gasteiger partial charge in [0, 0.05) is 66.1 Å². The molecule has 16 nitrogen and oxygen atoms in total. The summed E-state index contributed by atoms with van der Waals surface area (Å²) >= 11 is 0. The Bertz CT molecular complexity index is 1220. The van der Waals surface area contributed by atoms with Gasteiger partial charge in [-0.1, -0.05) is 30.3 Å². The number of carbonyl (C=O) groups is 6. The Morgan fingerprint density at radius 1 is 0.640 bits per heavy atom. The molecule has 0 fully saturated rings. The molecular weight excluding hydrogens is 654 g/mol. The van der Waals surface area contributed by atoms with E-state index in [0.717, 1.165) is 5.56 Å². The smallest absolute Gasteiger partial charge is 0.407 e. The Morgan fingerprint density at radius 3 is 1.66 bits per heavy atom. The van der Waals surface area contributed by atoms with Gasteiger partial charge in [-0.15, -0.1) is 0 Å². The molecule has 282 valence electrons. The van der Waals surface area contributed by atoms with E-state index < -0.39 is 47.2 Å². The number of nitrogens with zero attached hydrogens (tertiary/aromatic N) is 2. The van der Waals surface area contributed by atoms with E-state index in [9.17, 15) is 28.8 Å². The van der Waals surface area contributed by atoms with Crippen molar-refractivity contribution in [2.45, 2.75) is 72.7 Å². The number of benzene rings is 1. The van der Waals surface area contributed by atoms with Crippen LogP contribution < -0.4 is 16.0 Å². The summed E-state index contributed by atoms with van der Waals surface area (Å²) in [6, 6.07) is 8.79. The van der Waals surface area contributed by atoms with Crippen LogP contribution in [-0.4, -0.2) is 129 Å². The van der Waals surface area contributed by atoms with Crippen LogP contribution in [-0.2, 0) is 49.5 Å². The van der Waals surface area contributed by atoms with Crippen LogP contribution in [0.25, 0.3) is 0 Å². The molecule has 1 aromatic carbocycles. The van der Waals surface area contributed by atoms with Gasteiger partial charge in [-0.2, -0.15) is 0 Å². The topological polar surface area (TPSA) is 191 Å². The Balaban J connectivity index is 2.49. The maximum absolute atomic E-state index is 12.8. The van der Waals surface area contributed by atoms with E-state index in [4.69, 9.17) is 23.7 Å². The monoisotopic (exact) mass is 709 g/mol. The second-order valence-corrected chi connectivity index (χ2v) is 13.0. The van der Waals surface area contributed by atoms with Crippen LogP contribution in [0.15, 0.2) is 30.3 Å². The van der Waals surface area contributed by atoms with Gasteiger partial charge in [0.2, 0.25) is 0 Å². The number of nitrogens with one attached hydrogen (secondary N) is 3. The van der Waals surface area contributed by atoms with Gasteiger partial charge in [0.25, 0.3) is 0 Å². The van der Waals surface area contributed by atoms with Crippen molar-refractivity contribution < 1.29 is 52.5 Å². The second-order valence-electron chi connectivity index (χ2n) is 13.0. The highest BCUT2D eigenvalue weighted by atomic mass is 16.6. The largest absolute Gasteiger partial charge is 0.465 e. The predicted octanol–water partition coefficient (Wildman–Crippen LogP) is 2.00. The fourth-order valence-corrected chi connectivity index (χ4v) is 4.26. The van der Waals surface area contributed by atoms with E-state index in [2.05, 4.69) is 16.0 Å². The van der Waals surface area contributed by atoms with Crippen molar-refractivity contribution in [2.24, 2.45) is 0 Å². The molecule has 0 saturated carbocycles. The Labute approximate surface area is 294 Å². The van der Waals surface area contributed by atoms with E-state index in [0.29, 0.717) is 13.0 Å². The number of carbonyl (C=O) groups excluding carboxylic acids is 6. The first-order valence-electron chi connectivity index (χ1n) is 16.6. The van der Waals surface area contributed by atoms with Crippen molar-refractivity contribution in [3.63, 3.8) is 0 Å². The molecule has 0 unspecified atom stereocenters. The van der Waals surface area contributed by atoms with Gasteiger partial charge < -0.3 is 39.6 Å². The SMILES string of the molecule is CC(=O)OCCN(CCNC(=O)NCCC(C)(C)OC(=O)CN(CCNC(=O)OCc1ccccc1)CCOC(C)=O)CC(=O)OC(C)(C)C. The van der Waals surface area contributed by atoms with Gasteiger partial charge >= 0.3 is 36.0 Å². The summed E-state index contributed by atoms with van der Waals surface area (Å²) in [4.78, 5) is 75.4. The van der Waals surface area contributed by atoms with Crippen molar-refractivity contribution in [2.75, 3.05) is 72.1 Å². The normalized spacial score (nSPS) is 11.4. The molecular formula is C34H55N5O11. The van der Waals surface area contributed by atoms with E-state index in [-0.39, 0.29) is 72.2 Å². The first-order chi connectivity index (χ1) is 23.4. The lowest BCUT2D eigenvalue weighted by molar-refractivity contribution is -0.159. The van der Waals surface area contributed by atoms with E-state index in [1.54, 1.807) is 44.4 Å². The van der Waals surface area contributed by atoms with Crippen LogP contribution in [0.3, 0.4) is 0 Å². The van der Waals surface area contributed by atoms with Crippen LogP contribution in [0, 0.1) is 0 Å². The molecule has 3 amide bonds. The van der Waals surface area contributed by atoms with Crippen molar-refractivity contribution >= 4 is 36.0 Å². The van der Waals surface area contributed by atoms with Gasteiger partial charge in [0.1, 0.15) is 31.0 Å². The van der Waals surface area contributed by atoms with Crippen LogP contribution in [0.2, 0.25) is 0 Å². The number of hydrogen-bond donors (Lipinski definition) is 3. The van der Waals surface area contributed by atoms with E-state index in [1.807, 2.05) is 30.3 Å². The van der Waals surface area contributed by atoms with Gasteiger partial charge in [-0.25, -0.2) is 9.59 Å². The number of amides is 3. The maximum Gasteiger partial charge on any atom is 0.407 e. The van der Waals surface area contributed by atoms with Crippen LogP contribution in [0.5, 0.6) is 0 Å². The van der Waals surface area contributed by atoms with Crippen LogP contribution >= 0.6 is 0 Å². The third kappa shape index (κ3) is 23.8. The Morgan fingerprint density at radius 2 is 1.14 bits per heavy atom. The summed E-state index contributed by atoms with van der Waals surface area (Å²) < 4.78 is 26.2. The fraction of sp³-hybridized carbons (Fsp3) is 0.647. The number of alkyl carbamates (subject to hydrolysis) is 1. The average Bonchev–Trinajstić information content (AvgIpc) is 2.98. The average molecular weight is 710 g/mol. The summed E-state index contributed by atoms with van der Waals surface area (Å²) in [5.41, 5.74) is -0.729. The first-order valence-corrected chi connectivity index (χ1v) is 16.6. The van der Waals surface area contributed by atoms with Crippen molar-refractivity contribution in [1.82, 2.24) is 25.8 Å². The lowest BCUT2D eigenvalue weighted by Crippen LogP contribution is -2.45. The molecule has 50 heavy (non-hydrogen) atoms. The zero-order valence-corrected chi connectivity index (χ0v) is 30.5. The number of urea groups is 1. The summed E-state index contributed by atoms with van der Waals surface area (Å²) in [5.74, 6) is -1.86. The Hall–Kier alpha value is -4.44. The lowest BCUT2D eigenvalue weighted by atomic mass is 10.1. The molecule has 0 radical (unpaired) electrons. The summed E-state index contributed by atoms with van der Waals surface area (Å²) in [6.07, 6.45) is -0.298. The molecule has 0 bridgehead atoms. The second kappa shape index (κ2) is 23.1. The minimum Gasteiger partial charge on any atom is -0.465 e. The van der Waals surface area contributed by atoms with Gasteiger partial charge in [-0.3, -0.25) is 29.0 Å². The maximum atomic E-state index is 12.8. The minimum absolute atomic E-state index is 0.0413. The highest BCUT2D eigenvalue weighted by Crippen LogP contribution is 2.14. The highest BCUT2D eigenvalue weighted by molar-refractivity contribution is 5.74. The molecule has 16 heteroatoms. The number of rotatable bonds is 22. The van der Waals surface area contributed by atoms with Crippen molar-refractivity contribution in [1.29, 1.82) is 0 Å². The molecule has 3 N–H and O–H groups in total. The molecule has 0 aliphatic heterocycles. The van der Waals surface area contributed by atoms with Crippen molar-refractivity contribution in [3.05, 3.63) is 35.9 Å². The summed E-state index contributed by atoms with van der Waals surface area (Å²) in [6.45, 7) is 13.0. The molecule has 0 aliphatic rings. The van der Waals surface area contributed by atoms with Gasteiger partial charge in [0.15, 0.2) is 0 Å². The molecule has 1 rings (SSSR count). The number of esters is 4. The van der Waals surface area contributed by atoms with E-state index in [1.165, 1.54) is 13.8 Å².